The van der Waals surface area contributed by atoms with Crippen molar-refractivity contribution in [3.8, 4) is 6.07 Å². The van der Waals surface area contributed by atoms with Gasteiger partial charge in [0.15, 0.2) is 0 Å². The minimum Gasteiger partial charge on any atom is -0.365 e. The molecule has 140 valence electrons. The molecular weight excluding hydrogens is 350 g/mol. The zero-order valence-electron chi connectivity index (χ0n) is 15.5. The van der Waals surface area contributed by atoms with E-state index in [-0.39, 0.29) is 0 Å². The Morgan fingerprint density at radius 1 is 0.857 bits per heavy atom. The van der Waals surface area contributed by atoms with Gasteiger partial charge in [0, 0.05) is 56.9 Å². The van der Waals surface area contributed by atoms with Crippen molar-refractivity contribution in [2.75, 3.05) is 41.3 Å². The molecule has 0 atom stereocenters. The van der Waals surface area contributed by atoms with Crippen LogP contribution in [0.15, 0.2) is 61.1 Å². The van der Waals surface area contributed by atoms with Gasteiger partial charge in [-0.05, 0) is 30.3 Å². The van der Waals surface area contributed by atoms with Crippen LogP contribution >= 0.6 is 0 Å². The summed E-state index contributed by atoms with van der Waals surface area (Å²) in [5.41, 5.74) is 1.63. The Bertz CT molecular complexity index is 960. The van der Waals surface area contributed by atoms with Crippen LogP contribution in [-0.4, -0.2) is 41.1 Å². The molecule has 0 saturated carbocycles. The van der Waals surface area contributed by atoms with E-state index in [0.717, 1.165) is 43.4 Å². The Labute approximate surface area is 164 Å². The largest absolute Gasteiger partial charge is 0.365 e. The lowest BCUT2D eigenvalue weighted by molar-refractivity contribution is 0.639. The Morgan fingerprint density at radius 3 is 2.39 bits per heavy atom. The maximum atomic E-state index is 9.23. The first-order valence-electron chi connectivity index (χ1n) is 9.29. The van der Waals surface area contributed by atoms with Gasteiger partial charge in [-0.15, -0.1) is 0 Å². The van der Waals surface area contributed by atoms with Crippen LogP contribution in [0.25, 0.3) is 0 Å². The second-order valence-electron chi connectivity index (χ2n) is 6.51. The summed E-state index contributed by atoms with van der Waals surface area (Å²) in [4.78, 5) is 17.9. The molecule has 1 N–H and O–H groups in total. The zero-order chi connectivity index (χ0) is 19.2. The molecule has 0 amide bonds. The number of nitrogens with one attached hydrogen (secondary N) is 1. The highest BCUT2D eigenvalue weighted by Gasteiger charge is 2.20. The molecule has 0 bridgehead atoms. The van der Waals surface area contributed by atoms with Crippen molar-refractivity contribution >= 4 is 17.5 Å². The molecule has 3 aromatic heterocycles. The SMILES string of the molecule is N#Cc1cccnc1NCc1cccnc1N1CCN(c2ccccn2)CC1. The number of anilines is 3. The van der Waals surface area contributed by atoms with Crippen molar-refractivity contribution in [2.45, 2.75) is 6.54 Å². The van der Waals surface area contributed by atoms with Crippen molar-refractivity contribution in [2.24, 2.45) is 0 Å². The Balaban J connectivity index is 1.44. The Kier molecular flexibility index (Phi) is 5.29. The first kappa shape index (κ1) is 17.7. The molecule has 0 unspecified atom stereocenters. The number of piperazine rings is 1. The van der Waals surface area contributed by atoms with Gasteiger partial charge in [0.05, 0.1) is 5.56 Å². The standard InChI is InChI=1S/C21H21N7/c22-15-17-5-3-9-24-20(17)26-16-18-6-4-10-25-21(18)28-13-11-27(12-14-28)19-7-1-2-8-23-19/h1-10H,11-14,16H2,(H,24,26). The lowest BCUT2D eigenvalue weighted by atomic mass is 10.2. The molecule has 0 radical (unpaired) electrons. The van der Waals surface area contributed by atoms with Gasteiger partial charge in [-0.3, -0.25) is 0 Å². The second kappa shape index (κ2) is 8.35. The summed E-state index contributed by atoms with van der Waals surface area (Å²) in [5.74, 6) is 2.59. The summed E-state index contributed by atoms with van der Waals surface area (Å²) >= 11 is 0. The number of aromatic nitrogens is 3. The van der Waals surface area contributed by atoms with Crippen LogP contribution in [0, 0.1) is 11.3 Å². The zero-order valence-corrected chi connectivity index (χ0v) is 15.5. The lowest BCUT2D eigenvalue weighted by Crippen LogP contribution is -2.47. The van der Waals surface area contributed by atoms with E-state index in [2.05, 4.69) is 42.2 Å². The maximum absolute atomic E-state index is 9.23. The van der Waals surface area contributed by atoms with Gasteiger partial charge in [-0.1, -0.05) is 12.1 Å². The van der Waals surface area contributed by atoms with Crippen LogP contribution in [0.1, 0.15) is 11.1 Å². The average molecular weight is 371 g/mol. The topological polar surface area (TPSA) is 81.0 Å². The molecule has 4 heterocycles. The molecule has 7 nitrogen and oxygen atoms in total. The van der Waals surface area contributed by atoms with Crippen LogP contribution < -0.4 is 15.1 Å². The highest BCUT2D eigenvalue weighted by atomic mass is 15.3. The molecule has 7 heteroatoms. The number of hydrogen-bond donors (Lipinski definition) is 1. The minimum atomic E-state index is 0.539. The molecule has 1 fully saturated rings. The highest BCUT2D eigenvalue weighted by Crippen LogP contribution is 2.22. The van der Waals surface area contributed by atoms with Crippen LogP contribution in [-0.2, 0) is 6.54 Å². The van der Waals surface area contributed by atoms with Gasteiger partial charge >= 0.3 is 0 Å². The van der Waals surface area contributed by atoms with E-state index in [4.69, 9.17) is 0 Å². The minimum absolute atomic E-state index is 0.539. The summed E-state index contributed by atoms with van der Waals surface area (Å²) < 4.78 is 0. The average Bonchev–Trinajstić information content (AvgIpc) is 2.79. The summed E-state index contributed by atoms with van der Waals surface area (Å²) in [6.45, 7) is 4.13. The molecule has 1 saturated heterocycles. The first-order chi connectivity index (χ1) is 13.8. The molecule has 4 rings (SSSR count). The summed E-state index contributed by atoms with van der Waals surface area (Å²) in [6, 6.07) is 15.7. The second-order valence-corrected chi connectivity index (χ2v) is 6.51. The molecule has 0 aromatic carbocycles. The van der Waals surface area contributed by atoms with Gasteiger partial charge in [0.2, 0.25) is 0 Å². The quantitative estimate of drug-likeness (QED) is 0.738. The summed E-state index contributed by atoms with van der Waals surface area (Å²) in [6.07, 6.45) is 5.34. The van der Waals surface area contributed by atoms with Crippen LogP contribution in [0.5, 0.6) is 0 Å². The van der Waals surface area contributed by atoms with Gasteiger partial charge in [-0.25, -0.2) is 15.0 Å². The molecular formula is C21H21N7. The third kappa shape index (κ3) is 3.86. The molecule has 3 aromatic rings. The maximum Gasteiger partial charge on any atom is 0.144 e. The number of nitrogens with zero attached hydrogens (tertiary/aromatic N) is 6. The number of rotatable bonds is 5. The normalized spacial score (nSPS) is 13.8. The monoisotopic (exact) mass is 371 g/mol. The van der Waals surface area contributed by atoms with Crippen molar-refractivity contribution in [1.82, 2.24) is 15.0 Å². The fourth-order valence-corrected chi connectivity index (χ4v) is 3.36. The van der Waals surface area contributed by atoms with Crippen molar-refractivity contribution in [3.05, 3.63) is 72.2 Å². The van der Waals surface area contributed by atoms with Gasteiger partial charge < -0.3 is 15.1 Å². The summed E-state index contributed by atoms with van der Waals surface area (Å²) in [7, 11) is 0. The number of nitriles is 1. The third-order valence-electron chi connectivity index (χ3n) is 4.79. The molecule has 1 aliphatic rings. The molecule has 1 aliphatic heterocycles. The van der Waals surface area contributed by atoms with Crippen LogP contribution in [0.4, 0.5) is 17.5 Å². The Morgan fingerprint density at radius 2 is 1.61 bits per heavy atom. The van der Waals surface area contributed by atoms with Gasteiger partial charge in [-0.2, -0.15) is 5.26 Å². The van der Waals surface area contributed by atoms with Crippen molar-refractivity contribution in [1.29, 1.82) is 5.26 Å². The smallest absolute Gasteiger partial charge is 0.144 e. The van der Waals surface area contributed by atoms with Crippen LogP contribution in [0.3, 0.4) is 0 Å². The molecule has 28 heavy (non-hydrogen) atoms. The van der Waals surface area contributed by atoms with Crippen molar-refractivity contribution < 1.29 is 0 Å². The number of pyridine rings is 3. The van der Waals surface area contributed by atoms with E-state index in [0.29, 0.717) is 17.9 Å². The van der Waals surface area contributed by atoms with Crippen LogP contribution in [0.2, 0.25) is 0 Å². The molecule has 0 spiro atoms. The van der Waals surface area contributed by atoms with Crippen molar-refractivity contribution in [3.63, 3.8) is 0 Å². The van der Waals surface area contributed by atoms with Gasteiger partial charge in [0.1, 0.15) is 23.5 Å². The predicted octanol–water partition coefficient (Wildman–Crippen LogP) is 2.68. The van der Waals surface area contributed by atoms with E-state index < -0.39 is 0 Å². The van der Waals surface area contributed by atoms with E-state index >= 15 is 0 Å². The number of hydrogen-bond acceptors (Lipinski definition) is 7. The van der Waals surface area contributed by atoms with E-state index in [1.807, 2.05) is 36.7 Å². The predicted molar refractivity (Wildman–Crippen MR) is 109 cm³/mol. The summed E-state index contributed by atoms with van der Waals surface area (Å²) in [5, 5.41) is 12.5. The third-order valence-corrected chi connectivity index (χ3v) is 4.79. The fourth-order valence-electron chi connectivity index (χ4n) is 3.36. The van der Waals surface area contributed by atoms with Gasteiger partial charge in [0.25, 0.3) is 0 Å². The lowest BCUT2D eigenvalue weighted by Gasteiger charge is -2.36. The highest BCUT2D eigenvalue weighted by molar-refractivity contribution is 5.54. The fraction of sp³-hybridized carbons (Fsp3) is 0.238. The Hall–Kier alpha value is -3.66. The van der Waals surface area contributed by atoms with E-state index in [9.17, 15) is 5.26 Å². The van der Waals surface area contributed by atoms with E-state index in [1.54, 1.807) is 18.3 Å². The van der Waals surface area contributed by atoms with E-state index in [1.165, 1.54) is 0 Å². The first-order valence-corrected chi connectivity index (χ1v) is 9.29. The molecule has 0 aliphatic carbocycles.